The van der Waals surface area contributed by atoms with Crippen LogP contribution in [0.2, 0.25) is 0 Å². The number of hydrogen-bond acceptors (Lipinski definition) is 2. The summed E-state index contributed by atoms with van der Waals surface area (Å²) < 4.78 is 9.35. The van der Waals surface area contributed by atoms with Gasteiger partial charge < -0.3 is 9.47 Å². The molecule has 0 aromatic rings. The predicted molar refractivity (Wildman–Crippen MR) is 33.4 cm³/mol. The number of hydrogen-bond donors (Lipinski definition) is 0. The van der Waals surface area contributed by atoms with Crippen LogP contribution in [0.1, 0.15) is 6.92 Å². The molecule has 3 heteroatoms. The lowest BCUT2D eigenvalue weighted by atomic mass is 10.8. The van der Waals surface area contributed by atoms with E-state index in [1.54, 1.807) is 14.2 Å². The Balaban J connectivity index is 0. The van der Waals surface area contributed by atoms with Gasteiger partial charge in [-0.1, -0.05) is 0 Å². The summed E-state index contributed by atoms with van der Waals surface area (Å²) in [5, 5.41) is 0. The number of methoxy groups -OCH3 is 2. The van der Waals surface area contributed by atoms with Crippen molar-refractivity contribution in [1.29, 1.82) is 0 Å². The first-order valence-electron chi connectivity index (χ1n) is 1.87. The Morgan fingerprint density at radius 3 is 1.43 bits per heavy atom. The summed E-state index contributed by atoms with van der Waals surface area (Å²) in [6.45, 7) is 1.83. The van der Waals surface area contributed by atoms with Crippen LogP contribution in [-0.4, -0.2) is 37.9 Å². The van der Waals surface area contributed by atoms with E-state index in [2.05, 4.69) is 9.47 Å². The molecule has 0 radical (unpaired) electrons. The van der Waals surface area contributed by atoms with Crippen LogP contribution in [0.15, 0.2) is 0 Å². The highest BCUT2D eigenvalue weighted by molar-refractivity contribution is 5.75. The van der Waals surface area contributed by atoms with E-state index in [0.717, 1.165) is 0 Å². The topological polar surface area (TPSA) is 18.5 Å². The largest absolute Gasteiger partial charge is 0.356 e. The molecule has 7 heavy (non-hydrogen) atoms. The van der Waals surface area contributed by atoms with Crippen LogP contribution in [0, 0.1) is 0 Å². The van der Waals surface area contributed by atoms with Crippen LogP contribution in [0.5, 0.6) is 0 Å². The lowest BCUT2D eigenvalue weighted by Gasteiger charge is -2.03. The van der Waals surface area contributed by atoms with Crippen LogP contribution in [0.25, 0.3) is 0 Å². The second-order valence-corrected chi connectivity index (χ2v) is 1.04. The Hall–Kier alpha value is 0.452. The molecule has 0 bridgehead atoms. The molecule has 0 heterocycles. The number of ether oxygens (including phenoxy) is 2. The average molecular weight is 120 g/mol. The number of rotatable bonds is 2. The molecule has 0 aliphatic rings. The maximum atomic E-state index is 4.68. The van der Waals surface area contributed by atoms with Gasteiger partial charge in [0.25, 0.3) is 0 Å². The first-order valence-corrected chi connectivity index (χ1v) is 1.87. The standard InChI is InChI=1S/C4H10O2.Al.3H/c1-4(5-2)6-3;;;;/h4H,1-3H3;;;;. The van der Waals surface area contributed by atoms with E-state index in [-0.39, 0.29) is 23.7 Å². The summed E-state index contributed by atoms with van der Waals surface area (Å²) >= 11 is 0. The second-order valence-electron chi connectivity index (χ2n) is 1.04. The highest BCUT2D eigenvalue weighted by atomic mass is 27.0. The van der Waals surface area contributed by atoms with Crippen LogP contribution < -0.4 is 0 Å². The molecule has 0 aliphatic carbocycles. The Kier molecular flexibility index (Phi) is 9.62. The minimum absolute atomic E-state index is 0. The maximum Gasteiger partial charge on any atom is 0.187 e. The molecule has 0 aromatic heterocycles. The van der Waals surface area contributed by atoms with Gasteiger partial charge in [0.15, 0.2) is 23.7 Å². The van der Waals surface area contributed by atoms with Crippen LogP contribution in [-0.2, 0) is 9.47 Å². The summed E-state index contributed by atoms with van der Waals surface area (Å²) in [6, 6.07) is 0. The molecule has 0 aromatic carbocycles. The van der Waals surface area contributed by atoms with Crippen molar-refractivity contribution in [2.75, 3.05) is 14.2 Å². The molecule has 44 valence electrons. The molecule has 0 aliphatic heterocycles. The van der Waals surface area contributed by atoms with Gasteiger partial charge in [-0.3, -0.25) is 0 Å². The van der Waals surface area contributed by atoms with Crippen molar-refractivity contribution in [2.45, 2.75) is 13.2 Å². The molecule has 0 spiro atoms. The fraction of sp³-hybridized carbons (Fsp3) is 1.00. The zero-order chi connectivity index (χ0) is 4.99. The first-order chi connectivity index (χ1) is 2.81. The van der Waals surface area contributed by atoms with Gasteiger partial charge in [0.05, 0.1) is 0 Å². The summed E-state index contributed by atoms with van der Waals surface area (Å²) in [5.74, 6) is 0. The molecule has 0 rings (SSSR count). The molecule has 0 atom stereocenters. The minimum Gasteiger partial charge on any atom is -0.356 e. The molecule has 0 saturated heterocycles. The molecule has 0 saturated carbocycles. The van der Waals surface area contributed by atoms with Gasteiger partial charge in [0.2, 0.25) is 0 Å². The summed E-state index contributed by atoms with van der Waals surface area (Å²) in [5.41, 5.74) is 0. The van der Waals surface area contributed by atoms with Gasteiger partial charge in [-0.15, -0.1) is 0 Å². The van der Waals surface area contributed by atoms with Crippen LogP contribution >= 0.6 is 0 Å². The van der Waals surface area contributed by atoms with Crippen molar-refractivity contribution in [3.8, 4) is 0 Å². The van der Waals surface area contributed by atoms with E-state index < -0.39 is 0 Å². The molecular weight excluding hydrogens is 107 g/mol. The van der Waals surface area contributed by atoms with Gasteiger partial charge in [-0.25, -0.2) is 0 Å². The molecule has 0 amide bonds. The van der Waals surface area contributed by atoms with E-state index in [1.165, 1.54) is 0 Å². The van der Waals surface area contributed by atoms with E-state index in [4.69, 9.17) is 0 Å². The minimum atomic E-state index is -0.0648. The lowest BCUT2D eigenvalue weighted by Crippen LogP contribution is -2.05. The highest BCUT2D eigenvalue weighted by Crippen LogP contribution is 1.82. The molecule has 0 N–H and O–H groups in total. The zero-order valence-electron chi connectivity index (χ0n) is 4.39. The van der Waals surface area contributed by atoms with Crippen LogP contribution in [0.3, 0.4) is 0 Å². The van der Waals surface area contributed by atoms with Crippen molar-refractivity contribution < 1.29 is 9.47 Å². The monoisotopic (exact) mass is 120 g/mol. The van der Waals surface area contributed by atoms with Gasteiger partial charge >= 0.3 is 0 Å². The fourth-order valence-corrected chi connectivity index (χ4v) is 0.0962. The van der Waals surface area contributed by atoms with Crippen molar-refractivity contribution in [1.82, 2.24) is 0 Å². The Morgan fingerprint density at radius 2 is 1.43 bits per heavy atom. The van der Waals surface area contributed by atoms with E-state index in [9.17, 15) is 0 Å². The second kappa shape index (κ2) is 6.45. The summed E-state index contributed by atoms with van der Waals surface area (Å²) in [6.07, 6.45) is -0.0648. The van der Waals surface area contributed by atoms with E-state index in [0.29, 0.717) is 0 Å². The third kappa shape index (κ3) is 6.45. The molecule has 0 unspecified atom stereocenters. The summed E-state index contributed by atoms with van der Waals surface area (Å²) in [7, 11) is 3.21. The third-order valence-electron chi connectivity index (χ3n) is 0.664. The Bertz CT molecular complexity index is 28.9. The average Bonchev–Trinajstić information content (AvgIpc) is 1.65. The van der Waals surface area contributed by atoms with Crippen molar-refractivity contribution in [3.63, 3.8) is 0 Å². The quantitative estimate of drug-likeness (QED) is 0.359. The smallest absolute Gasteiger partial charge is 0.187 e. The highest BCUT2D eigenvalue weighted by Gasteiger charge is 1.87. The van der Waals surface area contributed by atoms with Crippen molar-refractivity contribution in [2.24, 2.45) is 0 Å². The van der Waals surface area contributed by atoms with Gasteiger partial charge in [0.1, 0.15) is 0 Å². The van der Waals surface area contributed by atoms with E-state index in [1.807, 2.05) is 6.92 Å². The molecule has 0 fully saturated rings. The predicted octanol–water partition coefficient (Wildman–Crippen LogP) is -0.559. The summed E-state index contributed by atoms with van der Waals surface area (Å²) in [4.78, 5) is 0. The third-order valence-corrected chi connectivity index (χ3v) is 0.664. The van der Waals surface area contributed by atoms with E-state index >= 15 is 0 Å². The normalized spacial score (nSPS) is 8.57. The maximum absolute atomic E-state index is 4.68. The van der Waals surface area contributed by atoms with Crippen molar-refractivity contribution >= 4 is 17.4 Å². The fourth-order valence-electron chi connectivity index (χ4n) is 0.0962. The zero-order valence-corrected chi connectivity index (χ0v) is 4.39. The Morgan fingerprint density at radius 1 is 1.14 bits per heavy atom. The first kappa shape index (κ1) is 10.4. The lowest BCUT2D eigenvalue weighted by molar-refractivity contribution is -0.0877. The van der Waals surface area contributed by atoms with Crippen LogP contribution in [0.4, 0.5) is 0 Å². The van der Waals surface area contributed by atoms with Gasteiger partial charge in [0, 0.05) is 14.2 Å². The SMILES string of the molecule is COC(C)OC.[AlH3]. The van der Waals surface area contributed by atoms with Gasteiger partial charge in [-0.05, 0) is 6.92 Å². The van der Waals surface area contributed by atoms with Gasteiger partial charge in [-0.2, -0.15) is 0 Å². The molecule has 2 nitrogen and oxygen atoms in total. The Labute approximate surface area is 54.9 Å². The molecular formula is C4H13AlO2. The van der Waals surface area contributed by atoms with Crippen molar-refractivity contribution in [3.05, 3.63) is 0 Å².